The van der Waals surface area contributed by atoms with Crippen LogP contribution >= 0.6 is 12.6 Å². The monoisotopic (exact) mass is 256 g/mol. The molecular formula is C13H20O3S. The summed E-state index contributed by atoms with van der Waals surface area (Å²) in [6.07, 6.45) is 5.58. The molecule has 0 aromatic rings. The third-order valence-electron chi connectivity index (χ3n) is 4.86. The van der Waals surface area contributed by atoms with Gasteiger partial charge in [-0.3, -0.25) is 4.79 Å². The number of ether oxygens (including phenoxy) is 2. The Morgan fingerprint density at radius 2 is 2.35 bits per heavy atom. The third-order valence-corrected chi connectivity index (χ3v) is 5.18. The molecule has 0 amide bonds. The van der Waals surface area contributed by atoms with Gasteiger partial charge in [0.2, 0.25) is 0 Å². The summed E-state index contributed by atoms with van der Waals surface area (Å²) in [5.41, 5.74) is -0.117. The van der Waals surface area contributed by atoms with E-state index in [1.165, 1.54) is 6.42 Å². The predicted molar refractivity (Wildman–Crippen MR) is 67.1 cm³/mol. The van der Waals surface area contributed by atoms with E-state index >= 15 is 0 Å². The van der Waals surface area contributed by atoms with Crippen molar-refractivity contribution in [3.8, 4) is 0 Å². The van der Waals surface area contributed by atoms with Crippen molar-refractivity contribution in [1.29, 1.82) is 0 Å². The standard InChI is InChI=1S/C13H20O3S/c14-12-13(2-4-16-12)8-9-6-10(13)7-11(9)15-3-1-5-17/h9-11,17H,1-8H2. The summed E-state index contributed by atoms with van der Waals surface area (Å²) in [5.74, 6) is 2.06. The maximum Gasteiger partial charge on any atom is 0.312 e. The van der Waals surface area contributed by atoms with Crippen molar-refractivity contribution < 1.29 is 14.3 Å². The molecule has 0 aromatic carbocycles. The summed E-state index contributed by atoms with van der Waals surface area (Å²) in [6.45, 7) is 1.45. The number of cyclic esters (lactones) is 1. The highest BCUT2D eigenvalue weighted by molar-refractivity contribution is 7.80. The van der Waals surface area contributed by atoms with Gasteiger partial charge in [0.1, 0.15) is 0 Å². The number of carbonyl (C=O) groups excluding carboxylic acids is 1. The van der Waals surface area contributed by atoms with Crippen molar-refractivity contribution in [2.24, 2.45) is 17.3 Å². The molecule has 0 aromatic heterocycles. The minimum Gasteiger partial charge on any atom is -0.465 e. The van der Waals surface area contributed by atoms with E-state index in [1.807, 2.05) is 0 Å². The van der Waals surface area contributed by atoms with E-state index in [1.54, 1.807) is 0 Å². The molecule has 1 aliphatic heterocycles. The molecule has 3 rings (SSSR count). The van der Waals surface area contributed by atoms with Crippen LogP contribution in [0.3, 0.4) is 0 Å². The molecule has 4 heteroatoms. The van der Waals surface area contributed by atoms with Crippen LogP contribution in [0.25, 0.3) is 0 Å². The van der Waals surface area contributed by atoms with Crippen LogP contribution in [-0.4, -0.2) is 31.0 Å². The van der Waals surface area contributed by atoms with Gasteiger partial charge >= 0.3 is 5.97 Å². The number of hydrogen-bond donors (Lipinski definition) is 1. The second-order valence-electron chi connectivity index (χ2n) is 5.66. The summed E-state index contributed by atoms with van der Waals surface area (Å²) < 4.78 is 11.1. The fourth-order valence-corrected chi connectivity index (χ4v) is 4.15. The van der Waals surface area contributed by atoms with Gasteiger partial charge in [-0.05, 0) is 49.7 Å². The Morgan fingerprint density at radius 1 is 1.47 bits per heavy atom. The van der Waals surface area contributed by atoms with Crippen molar-refractivity contribution in [2.75, 3.05) is 19.0 Å². The van der Waals surface area contributed by atoms with Crippen LogP contribution < -0.4 is 0 Å². The maximum absolute atomic E-state index is 11.9. The van der Waals surface area contributed by atoms with Crippen LogP contribution in [0.15, 0.2) is 0 Å². The molecule has 2 aliphatic carbocycles. The Hall–Kier alpha value is -0.220. The van der Waals surface area contributed by atoms with Gasteiger partial charge in [-0.15, -0.1) is 0 Å². The lowest BCUT2D eigenvalue weighted by Gasteiger charge is -2.33. The molecule has 2 saturated carbocycles. The lowest BCUT2D eigenvalue weighted by atomic mass is 9.71. The number of hydrogen-bond acceptors (Lipinski definition) is 4. The van der Waals surface area contributed by atoms with E-state index in [4.69, 9.17) is 9.47 Å². The number of fused-ring (bicyclic) bond motifs is 3. The van der Waals surface area contributed by atoms with Gasteiger partial charge in [-0.25, -0.2) is 0 Å². The first kappa shape index (κ1) is 11.8. The van der Waals surface area contributed by atoms with Crippen LogP contribution in [0.4, 0.5) is 0 Å². The molecule has 1 spiro atoms. The van der Waals surface area contributed by atoms with Crippen molar-refractivity contribution in [3.63, 3.8) is 0 Å². The van der Waals surface area contributed by atoms with Gasteiger partial charge in [0, 0.05) is 6.61 Å². The highest BCUT2D eigenvalue weighted by Crippen LogP contribution is 2.60. The van der Waals surface area contributed by atoms with Gasteiger partial charge in [0.25, 0.3) is 0 Å². The smallest absolute Gasteiger partial charge is 0.312 e. The zero-order valence-corrected chi connectivity index (χ0v) is 11.0. The SMILES string of the molecule is O=C1OCCC12CC1CC2CC1OCCCS. The first-order valence-electron chi connectivity index (χ1n) is 6.66. The fraction of sp³-hybridized carbons (Fsp3) is 0.923. The fourth-order valence-electron chi connectivity index (χ4n) is 4.02. The summed E-state index contributed by atoms with van der Waals surface area (Å²) in [6, 6.07) is 0. The number of carbonyl (C=O) groups is 1. The summed E-state index contributed by atoms with van der Waals surface area (Å²) in [4.78, 5) is 11.9. The molecule has 4 atom stereocenters. The molecule has 3 fully saturated rings. The van der Waals surface area contributed by atoms with Crippen molar-refractivity contribution in [1.82, 2.24) is 0 Å². The maximum atomic E-state index is 11.9. The van der Waals surface area contributed by atoms with E-state index in [0.717, 1.165) is 38.0 Å². The van der Waals surface area contributed by atoms with Crippen LogP contribution in [0.5, 0.6) is 0 Å². The third kappa shape index (κ3) is 1.80. The molecule has 1 saturated heterocycles. The van der Waals surface area contributed by atoms with Gasteiger partial charge in [0.15, 0.2) is 0 Å². The molecule has 1 heterocycles. The van der Waals surface area contributed by atoms with Crippen LogP contribution in [0, 0.1) is 17.3 Å². The number of thiol groups is 1. The van der Waals surface area contributed by atoms with Crippen molar-refractivity contribution in [2.45, 2.75) is 38.2 Å². The highest BCUT2D eigenvalue weighted by Gasteiger charge is 2.61. The van der Waals surface area contributed by atoms with Crippen molar-refractivity contribution >= 4 is 18.6 Å². The minimum absolute atomic E-state index is 0.0683. The van der Waals surface area contributed by atoms with Gasteiger partial charge in [0.05, 0.1) is 18.1 Å². The Bertz CT molecular complexity index is 320. The molecule has 3 nitrogen and oxygen atoms in total. The van der Waals surface area contributed by atoms with Crippen LogP contribution in [0.2, 0.25) is 0 Å². The van der Waals surface area contributed by atoms with E-state index in [0.29, 0.717) is 24.5 Å². The Labute approximate surface area is 108 Å². The summed E-state index contributed by atoms with van der Waals surface area (Å²) >= 11 is 4.19. The molecule has 0 N–H and O–H groups in total. The Morgan fingerprint density at radius 3 is 2.94 bits per heavy atom. The lowest BCUT2D eigenvalue weighted by Crippen LogP contribution is -2.37. The van der Waals surface area contributed by atoms with Gasteiger partial charge in [-0.2, -0.15) is 12.6 Å². The average molecular weight is 256 g/mol. The molecule has 4 unspecified atom stereocenters. The highest BCUT2D eigenvalue weighted by atomic mass is 32.1. The van der Waals surface area contributed by atoms with E-state index in [9.17, 15) is 4.79 Å². The normalized spacial score (nSPS) is 43.6. The van der Waals surface area contributed by atoms with Crippen molar-refractivity contribution in [3.05, 3.63) is 0 Å². The predicted octanol–water partition coefficient (Wildman–Crippen LogP) is 2.05. The van der Waals surface area contributed by atoms with Crippen LogP contribution in [0.1, 0.15) is 32.1 Å². The van der Waals surface area contributed by atoms with Gasteiger partial charge < -0.3 is 9.47 Å². The topological polar surface area (TPSA) is 35.5 Å². The van der Waals surface area contributed by atoms with Crippen LogP contribution in [-0.2, 0) is 14.3 Å². The quantitative estimate of drug-likeness (QED) is 0.475. The number of esters is 1. The lowest BCUT2D eigenvalue weighted by molar-refractivity contribution is -0.150. The zero-order valence-electron chi connectivity index (χ0n) is 10.1. The van der Waals surface area contributed by atoms with E-state index in [2.05, 4.69) is 12.6 Å². The summed E-state index contributed by atoms with van der Waals surface area (Å²) in [7, 11) is 0. The molecule has 2 bridgehead atoms. The molecule has 0 radical (unpaired) electrons. The second-order valence-corrected chi connectivity index (χ2v) is 6.11. The Kier molecular flexibility index (Phi) is 3.11. The first-order valence-corrected chi connectivity index (χ1v) is 7.29. The molecular weight excluding hydrogens is 236 g/mol. The number of rotatable bonds is 4. The first-order chi connectivity index (χ1) is 8.26. The van der Waals surface area contributed by atoms with E-state index in [-0.39, 0.29) is 11.4 Å². The Balaban J connectivity index is 1.60. The molecule has 17 heavy (non-hydrogen) atoms. The second kappa shape index (κ2) is 4.47. The zero-order chi connectivity index (χ0) is 11.9. The van der Waals surface area contributed by atoms with Gasteiger partial charge in [-0.1, -0.05) is 0 Å². The summed E-state index contributed by atoms with van der Waals surface area (Å²) in [5, 5.41) is 0. The molecule has 3 aliphatic rings. The minimum atomic E-state index is -0.117. The largest absolute Gasteiger partial charge is 0.465 e. The molecule has 96 valence electrons. The average Bonchev–Trinajstić information content (AvgIpc) is 2.96. The van der Waals surface area contributed by atoms with E-state index < -0.39 is 0 Å².